The SMILES string of the molecule is CCS(=O)(=O)c1ccc(CC(=O)Nc2cccc(CN3C[C@@H](C)N(C(=O)C4CCCC4)[C@@H](C)C3)c2Cl)cc1. The van der Waals surface area contributed by atoms with Crippen LogP contribution in [0.3, 0.4) is 0 Å². The zero-order valence-corrected chi connectivity index (χ0v) is 24.0. The highest BCUT2D eigenvalue weighted by Gasteiger charge is 2.37. The van der Waals surface area contributed by atoms with E-state index in [4.69, 9.17) is 11.6 Å². The van der Waals surface area contributed by atoms with Gasteiger partial charge in [-0.3, -0.25) is 14.5 Å². The van der Waals surface area contributed by atoms with Gasteiger partial charge >= 0.3 is 0 Å². The molecule has 1 aliphatic carbocycles. The van der Waals surface area contributed by atoms with Gasteiger partial charge < -0.3 is 10.2 Å². The van der Waals surface area contributed by atoms with Crippen LogP contribution in [-0.2, 0) is 32.4 Å². The minimum Gasteiger partial charge on any atom is -0.334 e. The number of hydrogen-bond acceptors (Lipinski definition) is 5. The fraction of sp³-hybridized carbons (Fsp3) is 0.517. The van der Waals surface area contributed by atoms with E-state index in [0.717, 1.165) is 49.9 Å². The van der Waals surface area contributed by atoms with Gasteiger partial charge in [0.25, 0.3) is 0 Å². The molecule has 2 amide bonds. The van der Waals surface area contributed by atoms with E-state index in [2.05, 4.69) is 29.0 Å². The van der Waals surface area contributed by atoms with E-state index >= 15 is 0 Å². The Morgan fingerprint density at radius 1 is 1.00 bits per heavy atom. The van der Waals surface area contributed by atoms with Gasteiger partial charge in [0.2, 0.25) is 11.8 Å². The predicted molar refractivity (Wildman–Crippen MR) is 151 cm³/mol. The largest absolute Gasteiger partial charge is 0.334 e. The quantitative estimate of drug-likeness (QED) is 0.496. The summed E-state index contributed by atoms with van der Waals surface area (Å²) in [6.07, 6.45) is 4.44. The summed E-state index contributed by atoms with van der Waals surface area (Å²) in [5.41, 5.74) is 2.20. The molecule has 0 radical (unpaired) electrons. The normalized spacial score (nSPS) is 21.0. The van der Waals surface area contributed by atoms with Crippen molar-refractivity contribution in [3.05, 3.63) is 58.6 Å². The van der Waals surface area contributed by atoms with Crippen LogP contribution in [0.2, 0.25) is 5.02 Å². The Morgan fingerprint density at radius 2 is 1.63 bits per heavy atom. The monoisotopic (exact) mass is 559 g/mol. The molecule has 2 aromatic rings. The van der Waals surface area contributed by atoms with E-state index in [1.165, 1.54) is 12.1 Å². The summed E-state index contributed by atoms with van der Waals surface area (Å²) in [6, 6.07) is 12.3. The number of carbonyl (C=O) groups is 2. The number of hydrogen-bond donors (Lipinski definition) is 1. The Morgan fingerprint density at radius 3 is 2.24 bits per heavy atom. The molecule has 2 aromatic carbocycles. The first-order valence-corrected chi connectivity index (χ1v) is 15.6. The molecule has 1 saturated carbocycles. The predicted octanol–water partition coefficient (Wildman–Crippen LogP) is 4.93. The van der Waals surface area contributed by atoms with E-state index in [-0.39, 0.29) is 41.0 Å². The van der Waals surface area contributed by atoms with Crippen LogP contribution in [0.15, 0.2) is 47.4 Å². The molecule has 7 nitrogen and oxygen atoms in total. The summed E-state index contributed by atoms with van der Waals surface area (Å²) < 4.78 is 24.0. The fourth-order valence-corrected chi connectivity index (χ4v) is 6.90. The number of rotatable bonds is 8. The van der Waals surface area contributed by atoms with Crippen LogP contribution >= 0.6 is 11.6 Å². The summed E-state index contributed by atoms with van der Waals surface area (Å²) in [5, 5.41) is 3.41. The highest BCUT2D eigenvalue weighted by atomic mass is 35.5. The topological polar surface area (TPSA) is 86.8 Å². The third-order valence-electron chi connectivity index (χ3n) is 7.73. The van der Waals surface area contributed by atoms with Gasteiger partial charge in [0, 0.05) is 37.6 Å². The zero-order valence-electron chi connectivity index (χ0n) is 22.5. The fourth-order valence-electron chi connectivity index (χ4n) is 5.78. The molecular weight excluding hydrogens is 522 g/mol. The number of benzene rings is 2. The first kappa shape index (κ1) is 28.6. The van der Waals surface area contributed by atoms with Gasteiger partial charge in [-0.15, -0.1) is 0 Å². The van der Waals surface area contributed by atoms with Gasteiger partial charge in [-0.2, -0.15) is 0 Å². The lowest BCUT2D eigenvalue weighted by Crippen LogP contribution is -2.59. The first-order chi connectivity index (χ1) is 18.1. The van der Waals surface area contributed by atoms with Crippen molar-refractivity contribution in [3.63, 3.8) is 0 Å². The Hall–Kier alpha value is -2.42. The van der Waals surface area contributed by atoms with Crippen molar-refractivity contribution in [3.8, 4) is 0 Å². The maximum absolute atomic E-state index is 13.1. The number of carbonyl (C=O) groups excluding carboxylic acids is 2. The van der Waals surface area contributed by atoms with Crippen molar-refractivity contribution in [2.75, 3.05) is 24.2 Å². The molecular formula is C29H38ClN3O4S. The molecule has 2 fully saturated rings. The van der Waals surface area contributed by atoms with Crippen molar-refractivity contribution < 1.29 is 18.0 Å². The second-order valence-corrected chi connectivity index (χ2v) is 13.3. The van der Waals surface area contributed by atoms with E-state index in [1.807, 2.05) is 12.1 Å². The van der Waals surface area contributed by atoms with Crippen LogP contribution in [0.1, 0.15) is 57.6 Å². The van der Waals surface area contributed by atoms with Crippen LogP contribution < -0.4 is 5.32 Å². The van der Waals surface area contributed by atoms with Crippen molar-refractivity contribution in [2.24, 2.45) is 5.92 Å². The summed E-state index contributed by atoms with van der Waals surface area (Å²) in [5.74, 6) is 0.305. The van der Waals surface area contributed by atoms with Gasteiger partial charge in [-0.05, 0) is 56.0 Å². The molecule has 206 valence electrons. The van der Waals surface area contributed by atoms with E-state index in [0.29, 0.717) is 23.2 Å². The molecule has 9 heteroatoms. The average Bonchev–Trinajstić information content (AvgIpc) is 3.41. The number of halogens is 1. The molecule has 0 spiro atoms. The highest BCUT2D eigenvalue weighted by Crippen LogP contribution is 2.31. The molecule has 1 heterocycles. The van der Waals surface area contributed by atoms with Crippen LogP contribution in [0.5, 0.6) is 0 Å². The Balaban J connectivity index is 1.36. The Bertz CT molecular complexity index is 1250. The van der Waals surface area contributed by atoms with Gasteiger partial charge in [0.1, 0.15) is 0 Å². The van der Waals surface area contributed by atoms with Crippen LogP contribution in [0, 0.1) is 5.92 Å². The van der Waals surface area contributed by atoms with Crippen molar-refractivity contribution in [2.45, 2.75) is 76.4 Å². The van der Waals surface area contributed by atoms with Crippen molar-refractivity contribution in [1.82, 2.24) is 9.80 Å². The number of nitrogens with one attached hydrogen (secondary N) is 1. The lowest BCUT2D eigenvalue weighted by Gasteiger charge is -2.45. The third-order valence-corrected chi connectivity index (χ3v) is 9.92. The van der Waals surface area contributed by atoms with Gasteiger partial charge in [-0.1, -0.05) is 55.6 Å². The minimum absolute atomic E-state index is 0.0355. The molecule has 0 aromatic heterocycles. The molecule has 38 heavy (non-hydrogen) atoms. The van der Waals surface area contributed by atoms with Crippen LogP contribution in [0.25, 0.3) is 0 Å². The van der Waals surface area contributed by atoms with Crippen LogP contribution in [0.4, 0.5) is 5.69 Å². The molecule has 1 N–H and O–H groups in total. The van der Waals surface area contributed by atoms with Crippen molar-refractivity contribution >= 4 is 38.9 Å². The number of sulfone groups is 1. The van der Waals surface area contributed by atoms with Gasteiger partial charge in [-0.25, -0.2) is 8.42 Å². The zero-order chi connectivity index (χ0) is 27.4. The van der Waals surface area contributed by atoms with Gasteiger partial charge in [0.05, 0.1) is 27.8 Å². The lowest BCUT2D eigenvalue weighted by atomic mass is 10.0. The molecule has 4 rings (SSSR count). The molecule has 0 bridgehead atoms. The smallest absolute Gasteiger partial charge is 0.228 e. The second kappa shape index (κ2) is 12.2. The summed E-state index contributed by atoms with van der Waals surface area (Å²) in [4.78, 5) is 30.5. The maximum Gasteiger partial charge on any atom is 0.228 e. The molecule has 2 atom stereocenters. The number of anilines is 1. The second-order valence-electron chi connectivity index (χ2n) is 10.7. The highest BCUT2D eigenvalue weighted by molar-refractivity contribution is 7.91. The minimum atomic E-state index is -3.27. The Kier molecular flexibility index (Phi) is 9.16. The maximum atomic E-state index is 13.1. The summed E-state index contributed by atoms with van der Waals surface area (Å²) in [7, 11) is -3.27. The summed E-state index contributed by atoms with van der Waals surface area (Å²) in [6.45, 7) is 8.04. The molecule has 2 aliphatic rings. The first-order valence-electron chi connectivity index (χ1n) is 13.5. The number of nitrogens with zero attached hydrogens (tertiary/aromatic N) is 2. The molecule has 1 aliphatic heterocycles. The van der Waals surface area contributed by atoms with Gasteiger partial charge in [0.15, 0.2) is 9.84 Å². The van der Waals surface area contributed by atoms with E-state index < -0.39 is 9.84 Å². The molecule has 0 unspecified atom stereocenters. The number of amides is 2. The van der Waals surface area contributed by atoms with Crippen molar-refractivity contribution in [1.29, 1.82) is 0 Å². The number of piperazine rings is 1. The average molecular weight is 560 g/mol. The standard InChI is InChI=1S/C29H38ClN3O4S/c1-4-38(36,37)25-14-12-22(13-15-25)16-27(34)31-26-11-7-10-24(28(26)30)19-32-17-20(2)33(21(3)18-32)29(35)23-8-5-6-9-23/h7,10-15,20-21,23H,4-6,8-9,16-19H2,1-3H3,(H,31,34)/t20-,21+. The van der Waals surface area contributed by atoms with E-state index in [1.54, 1.807) is 25.1 Å². The van der Waals surface area contributed by atoms with Crippen LogP contribution in [-0.4, -0.2) is 61.0 Å². The summed E-state index contributed by atoms with van der Waals surface area (Å²) >= 11 is 6.73. The van der Waals surface area contributed by atoms with E-state index in [9.17, 15) is 18.0 Å². The lowest BCUT2D eigenvalue weighted by molar-refractivity contribution is -0.143. The third kappa shape index (κ3) is 6.58. The Labute approximate surface area is 231 Å². The molecule has 1 saturated heterocycles.